The van der Waals surface area contributed by atoms with Gasteiger partial charge in [-0.3, -0.25) is 20.2 Å². The maximum atomic E-state index is 13.2. The predicted octanol–water partition coefficient (Wildman–Crippen LogP) is 7.02. The number of nitro benzene ring substituents is 2. The first kappa shape index (κ1) is 31.3. The highest BCUT2D eigenvalue weighted by molar-refractivity contribution is 5.96. The van der Waals surface area contributed by atoms with Crippen LogP contribution in [0.3, 0.4) is 0 Å². The molecule has 0 fully saturated rings. The highest BCUT2D eigenvalue weighted by Crippen LogP contribution is 2.48. The number of benzene rings is 5. The third-order valence-electron chi connectivity index (χ3n) is 7.93. The summed E-state index contributed by atoms with van der Waals surface area (Å²) in [7, 11) is 0. The van der Waals surface area contributed by atoms with Crippen LogP contribution in [0.25, 0.3) is 0 Å². The van der Waals surface area contributed by atoms with Gasteiger partial charge in [0.1, 0.15) is 11.5 Å². The van der Waals surface area contributed by atoms with Crippen molar-refractivity contribution >= 4 is 29.3 Å². The Balaban J connectivity index is 1.36. The van der Waals surface area contributed by atoms with Crippen molar-refractivity contribution in [2.24, 2.45) is 0 Å². The number of fused-ring (bicyclic) bond motifs is 1. The van der Waals surface area contributed by atoms with E-state index in [0.29, 0.717) is 33.4 Å². The van der Waals surface area contributed by atoms with Gasteiger partial charge in [-0.05, 0) is 67.4 Å². The maximum absolute atomic E-state index is 13.2. The lowest BCUT2D eigenvalue weighted by atomic mass is 9.79. The molecule has 0 saturated carbocycles. The van der Waals surface area contributed by atoms with Crippen molar-refractivity contribution in [2.45, 2.75) is 19.4 Å². The summed E-state index contributed by atoms with van der Waals surface area (Å²) in [6, 6.07) is 27.2. The number of hydrogen-bond donors (Lipinski definition) is 0. The van der Waals surface area contributed by atoms with Crippen molar-refractivity contribution in [2.75, 3.05) is 0 Å². The van der Waals surface area contributed by atoms with Crippen LogP contribution in [-0.2, 0) is 10.3 Å². The van der Waals surface area contributed by atoms with Crippen LogP contribution in [-0.4, -0.2) is 27.8 Å². The Morgan fingerprint density at radius 3 is 1.58 bits per heavy atom. The normalized spacial score (nSPS) is 12.8. The van der Waals surface area contributed by atoms with Crippen LogP contribution in [0.4, 0.5) is 11.4 Å². The number of nitro groups is 2. The monoisotopic (exact) mass is 644 g/mol. The Kier molecular flexibility index (Phi) is 7.99. The fourth-order valence-corrected chi connectivity index (χ4v) is 5.59. The molecule has 0 spiro atoms. The summed E-state index contributed by atoms with van der Waals surface area (Å²) in [6.45, 7) is 3.41. The molecule has 0 N–H and O–H groups in total. The summed E-state index contributed by atoms with van der Waals surface area (Å²) in [4.78, 5) is 60.1. The summed E-state index contributed by atoms with van der Waals surface area (Å²) >= 11 is 0. The second-order valence-electron chi connectivity index (χ2n) is 11.0. The number of hydrogen-bond acceptors (Lipinski definition) is 10. The Labute approximate surface area is 272 Å². The SMILES string of the molecule is Cc1cc(C2(c3ccc(OC(=O)c4cccc([N+](=O)[O-])c4)c(C)c3)OC(=O)c3ccccc32)ccc1OC(=O)c1cccc([N+](=O)[O-])c1. The summed E-state index contributed by atoms with van der Waals surface area (Å²) in [5, 5.41) is 22.3. The molecule has 1 heterocycles. The van der Waals surface area contributed by atoms with Crippen LogP contribution < -0.4 is 9.47 Å². The Bertz CT molecular complexity index is 2050. The lowest BCUT2D eigenvalue weighted by Gasteiger charge is -2.31. The zero-order chi connectivity index (χ0) is 34.2. The molecule has 5 aromatic rings. The molecular formula is C36H24N2O10. The molecular weight excluding hydrogens is 620 g/mol. The first-order chi connectivity index (χ1) is 23.0. The van der Waals surface area contributed by atoms with Crippen LogP contribution >= 0.6 is 0 Å². The van der Waals surface area contributed by atoms with Crippen LogP contribution in [0.15, 0.2) is 109 Å². The highest BCUT2D eigenvalue weighted by Gasteiger charge is 2.48. The quantitative estimate of drug-likeness (QED) is 0.0741. The van der Waals surface area contributed by atoms with E-state index in [9.17, 15) is 34.6 Å². The number of rotatable bonds is 8. The molecule has 6 rings (SSSR count). The molecule has 12 heteroatoms. The zero-order valence-electron chi connectivity index (χ0n) is 25.4. The first-order valence-electron chi connectivity index (χ1n) is 14.5. The summed E-state index contributed by atoms with van der Waals surface area (Å²) in [5.41, 5.74) is 1.11. The second-order valence-corrected chi connectivity index (χ2v) is 11.0. The van der Waals surface area contributed by atoms with Gasteiger partial charge in [-0.1, -0.05) is 42.5 Å². The Morgan fingerprint density at radius 1 is 0.646 bits per heavy atom. The molecule has 12 nitrogen and oxygen atoms in total. The molecule has 238 valence electrons. The fourth-order valence-electron chi connectivity index (χ4n) is 5.59. The van der Waals surface area contributed by atoms with E-state index >= 15 is 0 Å². The third-order valence-corrected chi connectivity index (χ3v) is 7.93. The number of esters is 3. The second kappa shape index (κ2) is 12.2. The molecule has 0 radical (unpaired) electrons. The summed E-state index contributed by atoms with van der Waals surface area (Å²) in [6.07, 6.45) is 0. The molecule has 1 aliphatic heterocycles. The number of nitrogens with zero attached hydrogens (tertiary/aromatic N) is 2. The van der Waals surface area contributed by atoms with Crippen molar-refractivity contribution < 1.29 is 38.4 Å². The van der Waals surface area contributed by atoms with Gasteiger partial charge in [0.25, 0.3) is 11.4 Å². The van der Waals surface area contributed by atoms with E-state index in [2.05, 4.69) is 0 Å². The van der Waals surface area contributed by atoms with Crippen molar-refractivity contribution in [3.8, 4) is 11.5 Å². The molecule has 0 unspecified atom stereocenters. The van der Waals surface area contributed by atoms with Gasteiger partial charge in [0.15, 0.2) is 5.60 Å². The first-order valence-corrected chi connectivity index (χ1v) is 14.5. The molecule has 0 bridgehead atoms. The average Bonchev–Trinajstić information content (AvgIpc) is 3.39. The summed E-state index contributed by atoms with van der Waals surface area (Å²) in [5.74, 6) is -1.73. The lowest BCUT2D eigenvalue weighted by Crippen LogP contribution is -2.30. The molecule has 0 saturated heterocycles. The number of aryl methyl sites for hydroxylation is 2. The predicted molar refractivity (Wildman–Crippen MR) is 170 cm³/mol. The molecule has 0 aromatic heterocycles. The minimum Gasteiger partial charge on any atom is -0.441 e. The van der Waals surface area contributed by atoms with Gasteiger partial charge < -0.3 is 14.2 Å². The van der Waals surface area contributed by atoms with E-state index in [1.54, 1.807) is 74.5 Å². The van der Waals surface area contributed by atoms with Gasteiger partial charge in [0.2, 0.25) is 0 Å². The van der Waals surface area contributed by atoms with E-state index in [-0.39, 0.29) is 34.0 Å². The number of ether oxygens (including phenoxy) is 3. The minimum absolute atomic E-state index is 0.00421. The van der Waals surface area contributed by atoms with E-state index in [0.717, 1.165) is 12.1 Å². The Morgan fingerprint density at radius 2 is 1.12 bits per heavy atom. The maximum Gasteiger partial charge on any atom is 0.343 e. The van der Waals surface area contributed by atoms with E-state index in [1.165, 1.54) is 36.4 Å². The molecule has 0 aliphatic carbocycles. The number of cyclic esters (lactones) is 1. The van der Waals surface area contributed by atoms with Gasteiger partial charge in [0.05, 0.1) is 26.5 Å². The average molecular weight is 645 g/mol. The lowest BCUT2D eigenvalue weighted by molar-refractivity contribution is -0.385. The van der Waals surface area contributed by atoms with Crippen LogP contribution in [0, 0.1) is 34.1 Å². The zero-order valence-corrected chi connectivity index (χ0v) is 25.4. The minimum atomic E-state index is -1.44. The smallest absolute Gasteiger partial charge is 0.343 e. The number of carbonyl (C=O) groups excluding carboxylic acids is 3. The summed E-state index contributed by atoms with van der Waals surface area (Å²) < 4.78 is 17.3. The topological polar surface area (TPSA) is 165 Å². The van der Waals surface area contributed by atoms with Crippen molar-refractivity contribution in [3.63, 3.8) is 0 Å². The number of non-ortho nitro benzene ring substituents is 2. The van der Waals surface area contributed by atoms with Crippen molar-refractivity contribution in [1.29, 1.82) is 0 Å². The Hall–Kier alpha value is -6.69. The molecule has 0 amide bonds. The number of carbonyl (C=O) groups is 3. The van der Waals surface area contributed by atoms with Crippen LogP contribution in [0.2, 0.25) is 0 Å². The van der Waals surface area contributed by atoms with Gasteiger partial charge in [-0.25, -0.2) is 14.4 Å². The van der Waals surface area contributed by atoms with Gasteiger partial charge in [-0.15, -0.1) is 0 Å². The molecule has 48 heavy (non-hydrogen) atoms. The third kappa shape index (κ3) is 5.62. The van der Waals surface area contributed by atoms with Crippen molar-refractivity contribution in [3.05, 3.63) is 174 Å². The van der Waals surface area contributed by atoms with Crippen LogP contribution in [0.5, 0.6) is 11.5 Å². The van der Waals surface area contributed by atoms with Gasteiger partial charge >= 0.3 is 17.9 Å². The molecule has 5 aromatic carbocycles. The van der Waals surface area contributed by atoms with Crippen LogP contribution in [0.1, 0.15) is 58.9 Å². The van der Waals surface area contributed by atoms with E-state index in [4.69, 9.17) is 14.2 Å². The largest absolute Gasteiger partial charge is 0.441 e. The van der Waals surface area contributed by atoms with E-state index < -0.39 is 33.4 Å². The highest BCUT2D eigenvalue weighted by atomic mass is 16.6. The molecule has 0 atom stereocenters. The molecule has 1 aliphatic rings. The van der Waals surface area contributed by atoms with Gasteiger partial charge in [0, 0.05) is 41.0 Å². The fraction of sp³-hybridized carbons (Fsp3) is 0.0833. The van der Waals surface area contributed by atoms with E-state index in [1.807, 2.05) is 0 Å². The van der Waals surface area contributed by atoms with Crippen molar-refractivity contribution in [1.82, 2.24) is 0 Å². The van der Waals surface area contributed by atoms with Gasteiger partial charge in [-0.2, -0.15) is 0 Å². The standard InChI is InChI=1S/C36H24N2O10/c1-21-17-25(13-15-31(21)46-33(39)23-7-5-9-27(19-23)37(42)43)36(30-12-4-3-11-29(30)35(41)48-36)26-14-16-32(22(2)18-26)47-34(40)24-8-6-10-28(20-24)38(44)45/h3-20H,1-2H3.